The Balaban J connectivity index is 3.84. The summed E-state index contributed by atoms with van der Waals surface area (Å²) in [6.45, 7) is 3.39. The number of ether oxygens (including phenoxy) is 2. The number of hydrogen-bond donors (Lipinski definition) is 2. The van der Waals surface area contributed by atoms with Crippen molar-refractivity contribution in [3.8, 4) is 0 Å². The highest BCUT2D eigenvalue weighted by Gasteiger charge is 2.13. The van der Waals surface area contributed by atoms with Crippen LogP contribution in [0.2, 0.25) is 0 Å². The SMILES string of the molecule is COCCN(CCOC)CCC(N)C(=O)O. The molecular weight excluding hydrogens is 212 g/mol. The van der Waals surface area contributed by atoms with Crippen LogP contribution in [0.5, 0.6) is 0 Å². The quantitative estimate of drug-likeness (QED) is 0.524. The molecule has 6 heteroatoms. The molecule has 3 N–H and O–H groups in total. The Kier molecular flexibility index (Phi) is 9.12. The van der Waals surface area contributed by atoms with Crippen molar-refractivity contribution in [1.82, 2.24) is 4.90 Å². The fraction of sp³-hybridized carbons (Fsp3) is 0.900. The molecule has 0 amide bonds. The Morgan fingerprint density at radius 2 is 1.75 bits per heavy atom. The second-order valence-electron chi connectivity index (χ2n) is 3.56. The average Bonchev–Trinajstić information content (AvgIpc) is 2.27. The van der Waals surface area contributed by atoms with E-state index in [0.717, 1.165) is 13.1 Å². The summed E-state index contributed by atoms with van der Waals surface area (Å²) in [6.07, 6.45) is 0.433. The molecule has 96 valence electrons. The Hall–Kier alpha value is -0.690. The van der Waals surface area contributed by atoms with E-state index in [-0.39, 0.29) is 0 Å². The first-order chi connectivity index (χ1) is 7.61. The summed E-state index contributed by atoms with van der Waals surface area (Å²) in [5.41, 5.74) is 5.43. The largest absolute Gasteiger partial charge is 0.480 e. The van der Waals surface area contributed by atoms with Crippen molar-refractivity contribution in [3.63, 3.8) is 0 Å². The van der Waals surface area contributed by atoms with Crippen LogP contribution in [0.4, 0.5) is 0 Å². The first kappa shape index (κ1) is 15.3. The number of methoxy groups -OCH3 is 2. The average molecular weight is 234 g/mol. The zero-order valence-electron chi connectivity index (χ0n) is 10.0. The van der Waals surface area contributed by atoms with Gasteiger partial charge < -0.3 is 20.3 Å². The molecule has 0 aromatic rings. The molecule has 0 aromatic carbocycles. The van der Waals surface area contributed by atoms with Crippen LogP contribution in [0.25, 0.3) is 0 Å². The van der Waals surface area contributed by atoms with Gasteiger partial charge in [0.2, 0.25) is 0 Å². The van der Waals surface area contributed by atoms with E-state index in [1.807, 2.05) is 0 Å². The van der Waals surface area contributed by atoms with Gasteiger partial charge in [0, 0.05) is 33.9 Å². The van der Waals surface area contributed by atoms with E-state index in [2.05, 4.69) is 4.90 Å². The van der Waals surface area contributed by atoms with Crippen molar-refractivity contribution >= 4 is 5.97 Å². The molecule has 0 fully saturated rings. The number of carboxylic acids is 1. The molecule has 6 nitrogen and oxygen atoms in total. The maximum absolute atomic E-state index is 10.5. The predicted octanol–water partition coefficient (Wildman–Crippen LogP) is -0.617. The molecule has 0 saturated carbocycles. The minimum absolute atomic E-state index is 0.433. The standard InChI is InChI=1S/C10H22N2O4/c1-15-7-5-12(6-8-16-2)4-3-9(11)10(13)14/h9H,3-8,11H2,1-2H3,(H,13,14). The van der Waals surface area contributed by atoms with Gasteiger partial charge in [0.15, 0.2) is 0 Å². The molecule has 0 aliphatic carbocycles. The highest BCUT2D eigenvalue weighted by Crippen LogP contribution is 1.95. The zero-order valence-corrected chi connectivity index (χ0v) is 10.0. The monoisotopic (exact) mass is 234 g/mol. The van der Waals surface area contributed by atoms with Crippen LogP contribution < -0.4 is 5.73 Å². The van der Waals surface area contributed by atoms with E-state index in [1.165, 1.54) is 0 Å². The third kappa shape index (κ3) is 7.58. The zero-order chi connectivity index (χ0) is 12.4. The molecule has 0 aliphatic rings. The van der Waals surface area contributed by atoms with Crippen molar-refractivity contribution in [1.29, 1.82) is 0 Å². The third-order valence-electron chi connectivity index (χ3n) is 2.30. The highest BCUT2D eigenvalue weighted by molar-refractivity contribution is 5.72. The number of nitrogens with two attached hydrogens (primary N) is 1. The molecule has 0 saturated heterocycles. The Morgan fingerprint density at radius 3 is 2.12 bits per heavy atom. The Bertz CT molecular complexity index is 182. The van der Waals surface area contributed by atoms with E-state index < -0.39 is 12.0 Å². The topological polar surface area (TPSA) is 85.0 Å². The van der Waals surface area contributed by atoms with Gasteiger partial charge in [-0.25, -0.2) is 0 Å². The number of aliphatic carboxylic acids is 1. The van der Waals surface area contributed by atoms with Gasteiger partial charge >= 0.3 is 5.97 Å². The lowest BCUT2D eigenvalue weighted by atomic mass is 10.2. The molecule has 0 heterocycles. The lowest BCUT2D eigenvalue weighted by molar-refractivity contribution is -0.138. The molecule has 0 bridgehead atoms. The second-order valence-corrected chi connectivity index (χ2v) is 3.56. The molecule has 0 radical (unpaired) electrons. The first-order valence-corrected chi connectivity index (χ1v) is 5.30. The lowest BCUT2D eigenvalue weighted by Crippen LogP contribution is -2.38. The Morgan fingerprint density at radius 1 is 1.25 bits per heavy atom. The minimum Gasteiger partial charge on any atom is -0.480 e. The van der Waals surface area contributed by atoms with Gasteiger partial charge in [0.1, 0.15) is 6.04 Å². The smallest absolute Gasteiger partial charge is 0.320 e. The van der Waals surface area contributed by atoms with E-state index in [4.69, 9.17) is 20.3 Å². The molecule has 1 unspecified atom stereocenters. The maximum Gasteiger partial charge on any atom is 0.320 e. The lowest BCUT2D eigenvalue weighted by Gasteiger charge is -2.22. The van der Waals surface area contributed by atoms with Crippen LogP contribution in [0.15, 0.2) is 0 Å². The third-order valence-corrected chi connectivity index (χ3v) is 2.30. The summed E-state index contributed by atoms with van der Waals surface area (Å²) in [4.78, 5) is 12.6. The van der Waals surface area contributed by atoms with Gasteiger partial charge in [0.25, 0.3) is 0 Å². The molecule has 1 atom stereocenters. The van der Waals surface area contributed by atoms with Gasteiger partial charge in [-0.15, -0.1) is 0 Å². The van der Waals surface area contributed by atoms with Crippen LogP contribution in [-0.4, -0.2) is 69.1 Å². The van der Waals surface area contributed by atoms with Crippen molar-refractivity contribution in [2.75, 3.05) is 47.1 Å². The first-order valence-electron chi connectivity index (χ1n) is 5.30. The van der Waals surface area contributed by atoms with Crippen LogP contribution >= 0.6 is 0 Å². The summed E-state index contributed by atoms with van der Waals surface area (Å²) in [7, 11) is 3.27. The van der Waals surface area contributed by atoms with E-state index >= 15 is 0 Å². The summed E-state index contributed by atoms with van der Waals surface area (Å²) < 4.78 is 9.95. The fourth-order valence-electron chi connectivity index (χ4n) is 1.22. The summed E-state index contributed by atoms with van der Waals surface area (Å²) in [5, 5.41) is 8.65. The number of rotatable bonds is 10. The predicted molar refractivity (Wildman–Crippen MR) is 60.4 cm³/mol. The van der Waals surface area contributed by atoms with Gasteiger partial charge in [-0.05, 0) is 6.42 Å². The highest BCUT2D eigenvalue weighted by atomic mass is 16.5. The van der Waals surface area contributed by atoms with Crippen molar-refractivity contribution in [2.45, 2.75) is 12.5 Å². The summed E-state index contributed by atoms with van der Waals surface area (Å²) in [5.74, 6) is -0.960. The van der Waals surface area contributed by atoms with Crippen molar-refractivity contribution in [3.05, 3.63) is 0 Å². The molecule has 16 heavy (non-hydrogen) atoms. The molecular formula is C10H22N2O4. The summed E-state index contributed by atoms with van der Waals surface area (Å²) >= 11 is 0. The van der Waals surface area contributed by atoms with E-state index in [9.17, 15) is 4.79 Å². The van der Waals surface area contributed by atoms with Crippen LogP contribution in [0.1, 0.15) is 6.42 Å². The van der Waals surface area contributed by atoms with E-state index in [0.29, 0.717) is 26.2 Å². The van der Waals surface area contributed by atoms with Gasteiger partial charge in [-0.2, -0.15) is 0 Å². The van der Waals surface area contributed by atoms with Gasteiger partial charge in [-0.1, -0.05) is 0 Å². The van der Waals surface area contributed by atoms with Gasteiger partial charge in [0.05, 0.1) is 13.2 Å². The molecule has 0 rings (SSSR count). The second kappa shape index (κ2) is 9.53. The van der Waals surface area contributed by atoms with Crippen molar-refractivity contribution in [2.24, 2.45) is 5.73 Å². The number of carbonyl (C=O) groups is 1. The van der Waals surface area contributed by atoms with Crippen LogP contribution in [-0.2, 0) is 14.3 Å². The Labute approximate surface area is 96.3 Å². The van der Waals surface area contributed by atoms with Crippen LogP contribution in [0, 0.1) is 0 Å². The molecule has 0 spiro atoms. The molecule has 0 aromatic heterocycles. The number of nitrogens with zero attached hydrogens (tertiary/aromatic N) is 1. The van der Waals surface area contributed by atoms with Gasteiger partial charge in [-0.3, -0.25) is 9.69 Å². The van der Waals surface area contributed by atoms with Crippen molar-refractivity contribution < 1.29 is 19.4 Å². The summed E-state index contributed by atoms with van der Waals surface area (Å²) in [6, 6.07) is -0.799. The maximum atomic E-state index is 10.5. The molecule has 0 aliphatic heterocycles. The minimum atomic E-state index is -0.960. The number of carboxylic acid groups (broad SMARTS) is 1. The normalized spacial score (nSPS) is 13.0. The number of hydrogen-bond acceptors (Lipinski definition) is 5. The fourth-order valence-corrected chi connectivity index (χ4v) is 1.22. The van der Waals surface area contributed by atoms with Crippen LogP contribution in [0.3, 0.4) is 0 Å². The van der Waals surface area contributed by atoms with E-state index in [1.54, 1.807) is 14.2 Å².